The largest absolute Gasteiger partial charge is 0.356 e. The van der Waals surface area contributed by atoms with Gasteiger partial charge in [0.15, 0.2) is 0 Å². The highest BCUT2D eigenvalue weighted by atomic mass is 35.5. The molecular weight excluding hydrogens is 394 g/mol. The lowest BCUT2D eigenvalue weighted by molar-refractivity contribution is -0.124. The summed E-state index contributed by atoms with van der Waals surface area (Å²) in [7, 11) is 0. The van der Waals surface area contributed by atoms with Crippen LogP contribution < -0.4 is 10.6 Å². The number of aryl methyl sites for hydroxylation is 1. The highest BCUT2D eigenvalue weighted by Crippen LogP contribution is 2.38. The second-order valence-electron chi connectivity index (χ2n) is 6.71. The van der Waals surface area contributed by atoms with Gasteiger partial charge in [0.2, 0.25) is 11.8 Å². The molecule has 0 bridgehead atoms. The number of halogens is 1. The Kier molecular flexibility index (Phi) is 5.59. The fourth-order valence-electron chi connectivity index (χ4n) is 3.31. The summed E-state index contributed by atoms with van der Waals surface area (Å²) in [5.41, 5.74) is 1.90. The van der Waals surface area contributed by atoms with Gasteiger partial charge in [0, 0.05) is 41.1 Å². The molecule has 1 aliphatic rings. The van der Waals surface area contributed by atoms with Gasteiger partial charge < -0.3 is 15.2 Å². The van der Waals surface area contributed by atoms with Gasteiger partial charge in [-0.25, -0.2) is 0 Å². The standard InChI is InChI=1S/C21H20ClN3O2S/c22-15-6-7-18-16(12-15)24-21(27)19(28-18)13-20(26)23-9-3-10-25-11-8-14-4-1-2-5-17(14)25/h1-2,4-8,11-12,19H,3,9-10,13H2,(H,23,26)(H,24,27). The average molecular weight is 414 g/mol. The van der Waals surface area contributed by atoms with Gasteiger partial charge in [-0.05, 0) is 42.1 Å². The molecule has 0 saturated carbocycles. The van der Waals surface area contributed by atoms with Crippen molar-refractivity contribution in [3.8, 4) is 0 Å². The number of carbonyl (C=O) groups is 2. The molecule has 0 radical (unpaired) electrons. The molecule has 144 valence electrons. The number of anilines is 1. The van der Waals surface area contributed by atoms with Crippen molar-refractivity contribution in [3.63, 3.8) is 0 Å². The summed E-state index contributed by atoms with van der Waals surface area (Å²) >= 11 is 7.36. The Morgan fingerprint density at radius 3 is 2.96 bits per heavy atom. The highest BCUT2D eigenvalue weighted by molar-refractivity contribution is 8.01. The molecule has 4 rings (SSSR count). The van der Waals surface area contributed by atoms with E-state index in [1.54, 1.807) is 12.1 Å². The number of aromatic nitrogens is 1. The van der Waals surface area contributed by atoms with Gasteiger partial charge >= 0.3 is 0 Å². The Bertz CT molecular complexity index is 1030. The third-order valence-electron chi connectivity index (χ3n) is 4.71. The van der Waals surface area contributed by atoms with Crippen molar-refractivity contribution in [2.45, 2.75) is 29.5 Å². The summed E-state index contributed by atoms with van der Waals surface area (Å²) in [6.07, 6.45) is 3.06. The molecule has 28 heavy (non-hydrogen) atoms. The molecule has 7 heteroatoms. The maximum atomic E-state index is 12.3. The molecule has 2 N–H and O–H groups in total. The second-order valence-corrected chi connectivity index (χ2v) is 8.39. The maximum absolute atomic E-state index is 12.3. The van der Waals surface area contributed by atoms with E-state index in [0.29, 0.717) is 17.3 Å². The molecule has 2 heterocycles. The number of hydrogen-bond acceptors (Lipinski definition) is 3. The van der Waals surface area contributed by atoms with E-state index in [9.17, 15) is 9.59 Å². The SMILES string of the molecule is O=C(CC1Sc2ccc(Cl)cc2NC1=O)NCCCn1ccc2ccccc21. The van der Waals surface area contributed by atoms with E-state index in [-0.39, 0.29) is 18.2 Å². The van der Waals surface area contributed by atoms with Crippen LogP contribution in [0.5, 0.6) is 0 Å². The fraction of sp³-hybridized carbons (Fsp3) is 0.238. The van der Waals surface area contributed by atoms with Crippen LogP contribution in [0.4, 0.5) is 5.69 Å². The molecule has 1 aliphatic heterocycles. The van der Waals surface area contributed by atoms with Gasteiger partial charge in [0.25, 0.3) is 0 Å². The quantitative estimate of drug-likeness (QED) is 0.592. The number of hydrogen-bond donors (Lipinski definition) is 2. The number of carbonyl (C=O) groups excluding carboxylic acids is 2. The molecule has 1 aromatic heterocycles. The van der Waals surface area contributed by atoms with Crippen molar-refractivity contribution < 1.29 is 9.59 Å². The first-order chi connectivity index (χ1) is 13.6. The van der Waals surface area contributed by atoms with Gasteiger partial charge in [-0.3, -0.25) is 9.59 Å². The van der Waals surface area contributed by atoms with Crippen LogP contribution in [0.2, 0.25) is 5.02 Å². The average Bonchev–Trinajstić information content (AvgIpc) is 3.09. The van der Waals surface area contributed by atoms with E-state index < -0.39 is 5.25 Å². The van der Waals surface area contributed by atoms with Gasteiger partial charge in [0.05, 0.1) is 10.9 Å². The van der Waals surface area contributed by atoms with Crippen molar-refractivity contribution >= 4 is 51.8 Å². The highest BCUT2D eigenvalue weighted by Gasteiger charge is 2.28. The van der Waals surface area contributed by atoms with Gasteiger partial charge in [0.1, 0.15) is 0 Å². The fourth-order valence-corrected chi connectivity index (χ4v) is 4.57. The van der Waals surface area contributed by atoms with Crippen LogP contribution >= 0.6 is 23.4 Å². The number of para-hydroxylation sites is 1. The maximum Gasteiger partial charge on any atom is 0.238 e. The minimum absolute atomic E-state index is 0.109. The predicted molar refractivity (Wildman–Crippen MR) is 114 cm³/mol. The van der Waals surface area contributed by atoms with Crippen LogP contribution in [0.25, 0.3) is 10.9 Å². The van der Waals surface area contributed by atoms with Crippen molar-refractivity contribution in [1.82, 2.24) is 9.88 Å². The zero-order valence-corrected chi connectivity index (χ0v) is 16.7. The number of nitrogens with one attached hydrogen (secondary N) is 2. The van der Waals surface area contributed by atoms with E-state index in [0.717, 1.165) is 17.9 Å². The molecule has 1 unspecified atom stereocenters. The molecule has 2 aromatic carbocycles. The second kappa shape index (κ2) is 8.29. The summed E-state index contributed by atoms with van der Waals surface area (Å²) in [6, 6.07) is 15.7. The Hall–Kier alpha value is -2.44. The number of thioether (sulfide) groups is 1. The van der Waals surface area contributed by atoms with Crippen molar-refractivity contribution in [1.29, 1.82) is 0 Å². The molecule has 0 aliphatic carbocycles. The molecule has 0 saturated heterocycles. The smallest absolute Gasteiger partial charge is 0.238 e. The van der Waals surface area contributed by atoms with E-state index in [4.69, 9.17) is 11.6 Å². The first-order valence-electron chi connectivity index (χ1n) is 9.18. The lowest BCUT2D eigenvalue weighted by atomic mass is 10.2. The van der Waals surface area contributed by atoms with E-state index >= 15 is 0 Å². The molecule has 0 spiro atoms. The predicted octanol–water partition coefficient (Wildman–Crippen LogP) is 4.30. The van der Waals surface area contributed by atoms with Gasteiger partial charge in [-0.2, -0.15) is 0 Å². The Morgan fingerprint density at radius 1 is 1.21 bits per heavy atom. The Labute approximate surface area is 172 Å². The lowest BCUT2D eigenvalue weighted by Gasteiger charge is -2.23. The summed E-state index contributed by atoms with van der Waals surface area (Å²) in [6.45, 7) is 1.41. The Morgan fingerprint density at radius 2 is 2.07 bits per heavy atom. The van der Waals surface area contributed by atoms with Crippen LogP contribution in [0.15, 0.2) is 59.6 Å². The zero-order chi connectivity index (χ0) is 19.5. The van der Waals surface area contributed by atoms with Crippen LogP contribution in [-0.2, 0) is 16.1 Å². The van der Waals surface area contributed by atoms with E-state index in [2.05, 4.69) is 39.6 Å². The number of amides is 2. The first kappa shape index (κ1) is 18.9. The minimum Gasteiger partial charge on any atom is -0.356 e. The monoisotopic (exact) mass is 413 g/mol. The number of rotatable bonds is 6. The van der Waals surface area contributed by atoms with Crippen molar-refractivity contribution in [3.05, 3.63) is 59.8 Å². The number of benzene rings is 2. The van der Waals surface area contributed by atoms with Crippen molar-refractivity contribution in [2.75, 3.05) is 11.9 Å². The van der Waals surface area contributed by atoms with Gasteiger partial charge in [-0.15, -0.1) is 11.8 Å². The zero-order valence-electron chi connectivity index (χ0n) is 15.2. The molecule has 2 amide bonds. The van der Waals surface area contributed by atoms with Crippen LogP contribution in [0, 0.1) is 0 Å². The van der Waals surface area contributed by atoms with Crippen LogP contribution in [-0.4, -0.2) is 28.2 Å². The van der Waals surface area contributed by atoms with Crippen LogP contribution in [0.1, 0.15) is 12.8 Å². The normalized spacial score (nSPS) is 15.9. The minimum atomic E-state index is -0.429. The first-order valence-corrected chi connectivity index (χ1v) is 10.4. The van der Waals surface area contributed by atoms with Gasteiger partial charge in [-0.1, -0.05) is 29.8 Å². The van der Waals surface area contributed by atoms with Crippen LogP contribution in [0.3, 0.4) is 0 Å². The molecule has 5 nitrogen and oxygen atoms in total. The summed E-state index contributed by atoms with van der Waals surface area (Å²) in [4.78, 5) is 25.5. The lowest BCUT2D eigenvalue weighted by Crippen LogP contribution is -2.35. The number of nitrogens with zero attached hydrogens (tertiary/aromatic N) is 1. The summed E-state index contributed by atoms with van der Waals surface area (Å²) in [5.74, 6) is -0.267. The molecule has 1 atom stereocenters. The van der Waals surface area contributed by atoms with Crippen molar-refractivity contribution in [2.24, 2.45) is 0 Å². The summed E-state index contributed by atoms with van der Waals surface area (Å²) in [5, 5.41) is 7.12. The summed E-state index contributed by atoms with van der Waals surface area (Å²) < 4.78 is 2.19. The van der Waals surface area contributed by atoms with E-state index in [1.165, 1.54) is 22.7 Å². The van der Waals surface area contributed by atoms with E-state index in [1.807, 2.05) is 18.2 Å². The Balaban J connectivity index is 1.25. The third-order valence-corrected chi connectivity index (χ3v) is 6.22. The molecule has 0 fully saturated rings. The molecule has 3 aromatic rings. The molecular formula is C21H20ClN3O2S. The number of fused-ring (bicyclic) bond motifs is 2. The topological polar surface area (TPSA) is 63.1 Å². The third kappa shape index (κ3) is 4.18.